The third kappa shape index (κ3) is 2.68. The van der Waals surface area contributed by atoms with Crippen LogP contribution in [0.25, 0.3) is 0 Å². The van der Waals surface area contributed by atoms with Gasteiger partial charge >= 0.3 is 0 Å². The molecule has 1 atom stereocenters. The number of hydrogen-bond donors (Lipinski definition) is 2. The maximum absolute atomic E-state index is 11.1. The van der Waals surface area contributed by atoms with Gasteiger partial charge < -0.3 is 21.1 Å². The summed E-state index contributed by atoms with van der Waals surface area (Å²) in [4.78, 5) is 13.3. The van der Waals surface area contributed by atoms with Gasteiger partial charge in [-0.05, 0) is 31.7 Å². The van der Waals surface area contributed by atoms with Crippen molar-refractivity contribution >= 4 is 11.6 Å². The van der Waals surface area contributed by atoms with E-state index in [4.69, 9.17) is 16.2 Å². The molecule has 0 aliphatic carbocycles. The Morgan fingerprint density at radius 3 is 2.88 bits per heavy atom. The van der Waals surface area contributed by atoms with Gasteiger partial charge in [-0.2, -0.15) is 0 Å². The SMILES string of the molecule is CN1CCC(Oc2ccc(N)c(C(N)=O)c2)C1. The minimum atomic E-state index is -0.531. The summed E-state index contributed by atoms with van der Waals surface area (Å²) in [5.41, 5.74) is 11.6. The molecular formula is C12H17N3O2. The average Bonchev–Trinajstić information content (AvgIpc) is 2.66. The maximum Gasteiger partial charge on any atom is 0.250 e. The molecule has 1 amide bonds. The van der Waals surface area contributed by atoms with Crippen LogP contribution in [0.4, 0.5) is 5.69 Å². The normalized spacial score (nSPS) is 20.4. The lowest BCUT2D eigenvalue weighted by Gasteiger charge is -2.14. The van der Waals surface area contributed by atoms with Gasteiger partial charge in [0.1, 0.15) is 11.9 Å². The van der Waals surface area contributed by atoms with E-state index in [-0.39, 0.29) is 6.10 Å². The number of nitrogen functional groups attached to an aromatic ring is 1. The van der Waals surface area contributed by atoms with Crippen molar-refractivity contribution in [2.75, 3.05) is 25.9 Å². The molecule has 0 bridgehead atoms. The highest BCUT2D eigenvalue weighted by Crippen LogP contribution is 2.22. The smallest absolute Gasteiger partial charge is 0.250 e. The molecule has 0 spiro atoms. The number of anilines is 1. The molecule has 0 saturated carbocycles. The van der Waals surface area contributed by atoms with Gasteiger partial charge in [0, 0.05) is 18.8 Å². The number of likely N-dealkylation sites (N-methyl/N-ethyl adjacent to an activating group) is 1. The predicted octanol–water partition coefficient (Wildman–Crippen LogP) is 0.451. The van der Waals surface area contributed by atoms with E-state index in [1.54, 1.807) is 18.2 Å². The summed E-state index contributed by atoms with van der Waals surface area (Å²) >= 11 is 0. The molecule has 5 nitrogen and oxygen atoms in total. The first-order valence-corrected chi connectivity index (χ1v) is 5.61. The van der Waals surface area contributed by atoms with Gasteiger partial charge in [0.25, 0.3) is 5.91 Å². The van der Waals surface area contributed by atoms with Gasteiger partial charge in [-0.15, -0.1) is 0 Å². The molecule has 0 radical (unpaired) electrons. The third-order valence-electron chi connectivity index (χ3n) is 2.94. The van der Waals surface area contributed by atoms with Gasteiger partial charge in [0.15, 0.2) is 0 Å². The first-order chi connectivity index (χ1) is 8.06. The molecule has 1 fully saturated rings. The largest absolute Gasteiger partial charge is 0.489 e. The van der Waals surface area contributed by atoms with E-state index in [0.717, 1.165) is 19.5 Å². The van der Waals surface area contributed by atoms with Crippen LogP contribution in [0, 0.1) is 0 Å². The van der Waals surface area contributed by atoms with Crippen molar-refractivity contribution in [3.05, 3.63) is 23.8 Å². The van der Waals surface area contributed by atoms with Crippen LogP contribution in [0.3, 0.4) is 0 Å². The standard InChI is InChI=1S/C12H17N3O2/c1-15-5-4-9(7-15)17-8-2-3-11(13)10(6-8)12(14)16/h2-3,6,9H,4-5,7,13H2,1H3,(H2,14,16). The topological polar surface area (TPSA) is 81.6 Å². The molecule has 1 aliphatic rings. The zero-order valence-corrected chi connectivity index (χ0v) is 9.85. The molecule has 1 aromatic carbocycles. The lowest BCUT2D eigenvalue weighted by Crippen LogP contribution is -2.21. The number of carbonyl (C=O) groups is 1. The van der Waals surface area contributed by atoms with Crippen molar-refractivity contribution in [2.45, 2.75) is 12.5 Å². The Hall–Kier alpha value is -1.75. The van der Waals surface area contributed by atoms with Crippen molar-refractivity contribution < 1.29 is 9.53 Å². The lowest BCUT2D eigenvalue weighted by molar-refractivity contribution is 0.100. The summed E-state index contributed by atoms with van der Waals surface area (Å²) in [6.07, 6.45) is 1.16. The molecule has 1 aromatic rings. The average molecular weight is 235 g/mol. The van der Waals surface area contributed by atoms with Crippen molar-refractivity contribution in [1.29, 1.82) is 0 Å². The first-order valence-electron chi connectivity index (χ1n) is 5.61. The Morgan fingerprint density at radius 2 is 2.29 bits per heavy atom. The predicted molar refractivity (Wildman–Crippen MR) is 65.9 cm³/mol. The summed E-state index contributed by atoms with van der Waals surface area (Å²) in [5.74, 6) is 0.116. The van der Waals surface area contributed by atoms with Crippen LogP contribution in [0.5, 0.6) is 5.75 Å². The van der Waals surface area contributed by atoms with Crippen molar-refractivity contribution in [3.63, 3.8) is 0 Å². The Bertz CT molecular complexity index is 434. The van der Waals surface area contributed by atoms with Gasteiger partial charge in [0.2, 0.25) is 0 Å². The van der Waals surface area contributed by atoms with E-state index < -0.39 is 5.91 Å². The number of primary amides is 1. The first kappa shape index (κ1) is 11.7. The molecule has 1 aliphatic heterocycles. The van der Waals surface area contributed by atoms with Crippen LogP contribution in [-0.4, -0.2) is 37.0 Å². The Labute approximate surface area is 100 Å². The molecule has 2 rings (SSSR count). The molecule has 17 heavy (non-hydrogen) atoms. The molecule has 4 N–H and O–H groups in total. The zero-order valence-electron chi connectivity index (χ0n) is 9.85. The van der Waals surface area contributed by atoms with Gasteiger partial charge in [-0.3, -0.25) is 4.79 Å². The van der Waals surface area contributed by atoms with Crippen LogP contribution in [0.1, 0.15) is 16.8 Å². The molecule has 0 aromatic heterocycles. The van der Waals surface area contributed by atoms with E-state index in [1.807, 2.05) is 0 Å². The van der Waals surface area contributed by atoms with Gasteiger partial charge in [-0.25, -0.2) is 0 Å². The fraction of sp³-hybridized carbons (Fsp3) is 0.417. The monoisotopic (exact) mass is 235 g/mol. The second-order valence-electron chi connectivity index (χ2n) is 4.40. The van der Waals surface area contributed by atoms with E-state index in [2.05, 4.69) is 11.9 Å². The summed E-state index contributed by atoms with van der Waals surface area (Å²) in [6.45, 7) is 1.93. The van der Waals surface area contributed by atoms with Crippen molar-refractivity contribution in [2.24, 2.45) is 5.73 Å². The number of amides is 1. The van der Waals surface area contributed by atoms with Crippen LogP contribution >= 0.6 is 0 Å². The fourth-order valence-electron chi connectivity index (χ4n) is 2.01. The van der Waals surface area contributed by atoms with Crippen molar-refractivity contribution in [3.8, 4) is 5.75 Å². The van der Waals surface area contributed by atoms with Crippen LogP contribution in [0.2, 0.25) is 0 Å². The van der Waals surface area contributed by atoms with Crippen LogP contribution in [-0.2, 0) is 0 Å². The van der Waals surface area contributed by atoms with E-state index >= 15 is 0 Å². The summed E-state index contributed by atoms with van der Waals surface area (Å²) in [7, 11) is 2.06. The molecule has 92 valence electrons. The maximum atomic E-state index is 11.1. The van der Waals surface area contributed by atoms with E-state index in [9.17, 15) is 4.79 Å². The Kier molecular flexibility index (Phi) is 3.19. The number of nitrogens with two attached hydrogens (primary N) is 2. The highest BCUT2D eigenvalue weighted by molar-refractivity contribution is 5.98. The summed E-state index contributed by atoms with van der Waals surface area (Å²) in [5, 5.41) is 0. The molecule has 1 saturated heterocycles. The Morgan fingerprint density at radius 1 is 1.53 bits per heavy atom. The van der Waals surface area contributed by atoms with Gasteiger partial charge in [-0.1, -0.05) is 0 Å². The number of benzene rings is 1. The summed E-state index contributed by atoms with van der Waals surface area (Å²) < 4.78 is 5.79. The second-order valence-corrected chi connectivity index (χ2v) is 4.40. The van der Waals surface area contributed by atoms with E-state index in [0.29, 0.717) is 17.0 Å². The van der Waals surface area contributed by atoms with Crippen LogP contribution < -0.4 is 16.2 Å². The molecule has 5 heteroatoms. The third-order valence-corrected chi connectivity index (χ3v) is 2.94. The highest BCUT2D eigenvalue weighted by atomic mass is 16.5. The highest BCUT2D eigenvalue weighted by Gasteiger charge is 2.21. The van der Waals surface area contributed by atoms with E-state index in [1.165, 1.54) is 0 Å². The van der Waals surface area contributed by atoms with Gasteiger partial charge in [0.05, 0.1) is 5.56 Å². The number of likely N-dealkylation sites (tertiary alicyclic amines) is 1. The minimum Gasteiger partial charge on any atom is -0.489 e. The molecular weight excluding hydrogens is 218 g/mol. The number of carbonyl (C=O) groups excluding carboxylic acids is 1. The Balaban J connectivity index is 2.11. The van der Waals surface area contributed by atoms with Crippen LogP contribution in [0.15, 0.2) is 18.2 Å². The number of ether oxygens (including phenoxy) is 1. The second kappa shape index (κ2) is 4.63. The molecule has 1 unspecified atom stereocenters. The number of nitrogens with zero attached hydrogens (tertiary/aromatic N) is 1. The quantitative estimate of drug-likeness (QED) is 0.745. The van der Waals surface area contributed by atoms with Crippen molar-refractivity contribution in [1.82, 2.24) is 4.90 Å². The fourth-order valence-corrected chi connectivity index (χ4v) is 2.01. The zero-order chi connectivity index (χ0) is 12.4. The summed E-state index contributed by atoms with van der Waals surface area (Å²) in [6, 6.07) is 5.02. The molecule has 1 heterocycles. The number of rotatable bonds is 3. The lowest BCUT2D eigenvalue weighted by atomic mass is 10.1. The minimum absolute atomic E-state index is 0.171. The number of hydrogen-bond acceptors (Lipinski definition) is 4.